The van der Waals surface area contributed by atoms with Crippen LogP contribution in [0.25, 0.3) is 28.0 Å². The number of halogens is 4. The van der Waals surface area contributed by atoms with Gasteiger partial charge in [0.15, 0.2) is 5.65 Å². The van der Waals surface area contributed by atoms with Crippen molar-refractivity contribution in [2.45, 2.75) is 6.18 Å². The molecule has 0 saturated carbocycles. The molecule has 0 fully saturated rings. The Morgan fingerprint density at radius 3 is 2.39 bits per heavy atom. The summed E-state index contributed by atoms with van der Waals surface area (Å²) in [6.45, 7) is 0. The second-order valence-electron chi connectivity index (χ2n) is 6.02. The second kappa shape index (κ2) is 6.56. The highest BCUT2D eigenvalue weighted by Crippen LogP contribution is 2.30. The van der Waals surface area contributed by atoms with Crippen molar-refractivity contribution in [1.29, 1.82) is 0 Å². The largest absolute Gasteiger partial charge is 0.416 e. The van der Waals surface area contributed by atoms with Gasteiger partial charge in [0, 0.05) is 11.8 Å². The quantitative estimate of drug-likeness (QED) is 0.474. The Morgan fingerprint density at radius 2 is 1.68 bits per heavy atom. The van der Waals surface area contributed by atoms with Crippen LogP contribution in [-0.2, 0) is 6.18 Å². The lowest BCUT2D eigenvalue weighted by Gasteiger charge is -2.13. The van der Waals surface area contributed by atoms with Gasteiger partial charge in [0.25, 0.3) is 0 Å². The number of aromatic nitrogens is 3. The molecule has 0 radical (unpaired) electrons. The number of hydrogen-bond donors (Lipinski definition) is 0. The van der Waals surface area contributed by atoms with E-state index in [2.05, 4.69) is 10.1 Å². The van der Waals surface area contributed by atoms with E-state index in [1.165, 1.54) is 53.3 Å². The van der Waals surface area contributed by atoms with Crippen LogP contribution in [0.1, 0.15) is 5.56 Å². The molecule has 0 atom stereocenters. The number of nitrogens with zero attached hydrogens (tertiary/aromatic N) is 3. The molecule has 4 aromatic rings. The minimum atomic E-state index is -4.53. The normalized spacial score (nSPS) is 11.7. The fraction of sp³-hybridized carbons (Fsp3) is 0.0500. The third-order valence-corrected chi connectivity index (χ3v) is 4.18. The maximum atomic E-state index is 13.2. The molecule has 0 N–H and O–H groups in total. The van der Waals surface area contributed by atoms with Gasteiger partial charge in [0.2, 0.25) is 5.43 Å². The first-order chi connectivity index (χ1) is 13.3. The van der Waals surface area contributed by atoms with Crippen LogP contribution in [0, 0.1) is 5.82 Å². The van der Waals surface area contributed by atoms with Crippen LogP contribution in [0.4, 0.5) is 17.6 Å². The standard InChI is InChI=1S/C20H11F4N3O/c21-14-8-6-12(7-9-14)17-18(28)16-5-2-10-25-19(16)27(26-17)15-4-1-3-13(11-15)20(22,23)24/h1-11H. The van der Waals surface area contributed by atoms with Crippen molar-refractivity contribution in [3.8, 4) is 16.9 Å². The lowest BCUT2D eigenvalue weighted by atomic mass is 10.1. The second-order valence-corrected chi connectivity index (χ2v) is 6.02. The van der Waals surface area contributed by atoms with Gasteiger partial charge < -0.3 is 0 Å². The van der Waals surface area contributed by atoms with Crippen molar-refractivity contribution in [2.24, 2.45) is 0 Å². The molecule has 140 valence electrons. The van der Waals surface area contributed by atoms with E-state index in [9.17, 15) is 22.4 Å². The molecule has 0 spiro atoms. The first-order valence-corrected chi connectivity index (χ1v) is 8.16. The summed E-state index contributed by atoms with van der Waals surface area (Å²) in [6, 6.07) is 12.8. The summed E-state index contributed by atoms with van der Waals surface area (Å²) in [5.41, 5.74) is -0.744. The summed E-state index contributed by atoms with van der Waals surface area (Å²) in [6.07, 6.45) is -3.11. The Labute approximate surface area is 155 Å². The van der Waals surface area contributed by atoms with Gasteiger partial charge in [0.05, 0.1) is 16.6 Å². The van der Waals surface area contributed by atoms with Crippen molar-refractivity contribution in [2.75, 3.05) is 0 Å². The van der Waals surface area contributed by atoms with E-state index in [0.717, 1.165) is 12.1 Å². The van der Waals surface area contributed by atoms with Gasteiger partial charge in [-0.3, -0.25) is 4.79 Å². The zero-order chi connectivity index (χ0) is 19.9. The Bertz CT molecular complexity index is 1230. The summed E-state index contributed by atoms with van der Waals surface area (Å²) in [5.74, 6) is -0.482. The van der Waals surface area contributed by atoms with E-state index in [0.29, 0.717) is 5.56 Å². The van der Waals surface area contributed by atoms with E-state index in [-0.39, 0.29) is 22.4 Å². The van der Waals surface area contributed by atoms with Crippen LogP contribution < -0.4 is 5.43 Å². The van der Waals surface area contributed by atoms with Gasteiger partial charge in [0.1, 0.15) is 11.5 Å². The van der Waals surface area contributed by atoms with E-state index in [4.69, 9.17) is 0 Å². The molecule has 0 aliphatic rings. The van der Waals surface area contributed by atoms with Crippen LogP contribution in [0.5, 0.6) is 0 Å². The molecule has 0 bridgehead atoms. The van der Waals surface area contributed by atoms with Gasteiger partial charge in [-0.1, -0.05) is 6.07 Å². The van der Waals surface area contributed by atoms with Crippen LogP contribution in [-0.4, -0.2) is 14.8 Å². The van der Waals surface area contributed by atoms with Crippen LogP contribution in [0.3, 0.4) is 0 Å². The predicted octanol–water partition coefficient (Wildman–Crippen LogP) is 4.61. The molecule has 0 aliphatic heterocycles. The zero-order valence-corrected chi connectivity index (χ0v) is 14.1. The first kappa shape index (κ1) is 17.8. The number of fused-ring (bicyclic) bond motifs is 1. The minimum absolute atomic E-state index is 0.0158. The van der Waals surface area contributed by atoms with Crippen molar-refractivity contribution in [3.05, 3.63) is 88.5 Å². The lowest BCUT2D eigenvalue weighted by molar-refractivity contribution is -0.137. The number of rotatable bonds is 2. The molecular weight excluding hydrogens is 374 g/mol. The average molecular weight is 385 g/mol. The molecule has 0 unspecified atom stereocenters. The maximum absolute atomic E-state index is 13.2. The molecular formula is C20H11F4N3O. The number of alkyl halides is 3. The fourth-order valence-corrected chi connectivity index (χ4v) is 2.85. The Hall–Kier alpha value is -3.55. The van der Waals surface area contributed by atoms with Gasteiger partial charge >= 0.3 is 6.18 Å². The lowest BCUT2D eigenvalue weighted by Crippen LogP contribution is -2.17. The van der Waals surface area contributed by atoms with Crippen molar-refractivity contribution in [1.82, 2.24) is 14.8 Å². The third kappa shape index (κ3) is 3.13. The van der Waals surface area contributed by atoms with E-state index >= 15 is 0 Å². The molecule has 2 aromatic heterocycles. The maximum Gasteiger partial charge on any atom is 0.416 e. The molecule has 0 amide bonds. The SMILES string of the molecule is O=c1c(-c2ccc(F)cc2)nn(-c2cccc(C(F)(F)F)c2)c2ncccc12. The molecule has 4 rings (SSSR count). The molecule has 4 nitrogen and oxygen atoms in total. The number of hydrogen-bond acceptors (Lipinski definition) is 3. The van der Waals surface area contributed by atoms with Gasteiger partial charge in [-0.05, 0) is 54.6 Å². The molecule has 28 heavy (non-hydrogen) atoms. The van der Waals surface area contributed by atoms with Crippen molar-refractivity contribution >= 4 is 11.0 Å². The highest BCUT2D eigenvalue weighted by atomic mass is 19.4. The molecule has 2 heterocycles. The summed E-state index contributed by atoms with van der Waals surface area (Å²) in [4.78, 5) is 17.0. The highest BCUT2D eigenvalue weighted by molar-refractivity contribution is 5.80. The first-order valence-electron chi connectivity index (χ1n) is 8.16. The fourth-order valence-electron chi connectivity index (χ4n) is 2.85. The van der Waals surface area contributed by atoms with Crippen molar-refractivity contribution in [3.63, 3.8) is 0 Å². The Kier molecular flexibility index (Phi) is 4.18. The summed E-state index contributed by atoms with van der Waals surface area (Å²) in [7, 11) is 0. The van der Waals surface area contributed by atoms with Crippen LogP contribution >= 0.6 is 0 Å². The van der Waals surface area contributed by atoms with Crippen molar-refractivity contribution < 1.29 is 17.6 Å². The minimum Gasteiger partial charge on any atom is -0.287 e. The van der Waals surface area contributed by atoms with Crippen LogP contribution in [0.15, 0.2) is 71.7 Å². The number of benzene rings is 2. The molecule has 0 saturated heterocycles. The number of pyridine rings is 1. The average Bonchev–Trinajstić information content (AvgIpc) is 2.69. The van der Waals surface area contributed by atoms with Gasteiger partial charge in [-0.25, -0.2) is 14.1 Å². The summed E-state index contributed by atoms with van der Waals surface area (Å²) >= 11 is 0. The third-order valence-electron chi connectivity index (χ3n) is 4.18. The Balaban J connectivity index is 2.02. The van der Waals surface area contributed by atoms with Crippen LogP contribution in [0.2, 0.25) is 0 Å². The zero-order valence-electron chi connectivity index (χ0n) is 14.1. The van der Waals surface area contributed by atoms with Gasteiger partial charge in [-0.2, -0.15) is 18.3 Å². The summed E-state index contributed by atoms with van der Waals surface area (Å²) in [5, 5.41) is 4.43. The molecule has 8 heteroatoms. The monoisotopic (exact) mass is 385 g/mol. The topological polar surface area (TPSA) is 47.8 Å². The summed E-state index contributed by atoms with van der Waals surface area (Å²) < 4.78 is 53.8. The molecule has 0 aliphatic carbocycles. The van der Waals surface area contributed by atoms with Gasteiger partial charge in [-0.15, -0.1) is 0 Å². The highest BCUT2D eigenvalue weighted by Gasteiger charge is 2.30. The van der Waals surface area contributed by atoms with E-state index in [1.54, 1.807) is 6.07 Å². The predicted molar refractivity (Wildman–Crippen MR) is 95.5 cm³/mol. The molecule has 2 aromatic carbocycles. The Morgan fingerprint density at radius 1 is 0.929 bits per heavy atom. The van der Waals surface area contributed by atoms with E-state index < -0.39 is 23.0 Å². The van der Waals surface area contributed by atoms with E-state index in [1.807, 2.05) is 0 Å². The smallest absolute Gasteiger partial charge is 0.287 e.